The van der Waals surface area contributed by atoms with Crippen molar-refractivity contribution in [2.45, 2.75) is 11.9 Å². The van der Waals surface area contributed by atoms with Gasteiger partial charge in [0, 0.05) is 38.9 Å². The van der Waals surface area contributed by atoms with Gasteiger partial charge in [0.05, 0.1) is 27.6 Å². The maximum absolute atomic E-state index is 12.8. The lowest BCUT2D eigenvalue weighted by Crippen LogP contribution is -2.15. The molecule has 4 rings (SSSR count). The molecule has 0 fully saturated rings. The molecule has 0 aliphatic rings. The van der Waals surface area contributed by atoms with E-state index in [4.69, 9.17) is 23.2 Å². The number of hydrogen-bond acceptors (Lipinski definition) is 6. The summed E-state index contributed by atoms with van der Waals surface area (Å²) in [6.45, 7) is 1.74. The zero-order valence-electron chi connectivity index (χ0n) is 19.4. The van der Waals surface area contributed by atoms with Crippen molar-refractivity contribution >= 4 is 52.2 Å². The number of pyridine rings is 1. The molecule has 37 heavy (non-hydrogen) atoms. The molecule has 1 heterocycles. The summed E-state index contributed by atoms with van der Waals surface area (Å²) in [6, 6.07) is 22.6. The Labute approximate surface area is 227 Å². The number of thioether (sulfide) groups is 1. The first-order chi connectivity index (χ1) is 17.8. The number of aromatic nitrogens is 1. The van der Waals surface area contributed by atoms with E-state index in [-0.39, 0.29) is 17.0 Å². The molecule has 0 saturated heterocycles. The highest BCUT2D eigenvalue weighted by Gasteiger charge is 2.19. The minimum atomic E-state index is -0.522. The Bertz CT molecular complexity index is 1550. The van der Waals surface area contributed by atoms with Crippen LogP contribution in [-0.2, 0) is 4.79 Å². The number of nitrogens with zero attached hydrogens (tertiary/aromatic N) is 3. The van der Waals surface area contributed by atoms with E-state index in [1.165, 1.54) is 12.1 Å². The number of nitriles is 1. The van der Waals surface area contributed by atoms with Crippen molar-refractivity contribution in [3.8, 4) is 28.5 Å². The molecule has 0 atom stereocenters. The van der Waals surface area contributed by atoms with Gasteiger partial charge in [-0.05, 0) is 36.8 Å². The molecule has 3 aromatic carbocycles. The summed E-state index contributed by atoms with van der Waals surface area (Å²) in [7, 11) is 0. The van der Waals surface area contributed by atoms with Gasteiger partial charge in [0.15, 0.2) is 0 Å². The molecule has 1 aromatic heterocycles. The lowest BCUT2D eigenvalue weighted by Gasteiger charge is -2.14. The summed E-state index contributed by atoms with van der Waals surface area (Å²) in [5.74, 6) is -0.467. The first kappa shape index (κ1) is 26.2. The first-order valence-corrected chi connectivity index (χ1v) is 12.6. The van der Waals surface area contributed by atoms with Gasteiger partial charge in [-0.15, -0.1) is 0 Å². The zero-order chi connectivity index (χ0) is 26.5. The van der Waals surface area contributed by atoms with E-state index in [9.17, 15) is 20.2 Å². The first-order valence-electron chi connectivity index (χ1n) is 10.9. The lowest BCUT2D eigenvalue weighted by atomic mass is 9.99. The number of nitro groups is 1. The van der Waals surface area contributed by atoms with Crippen LogP contribution in [0.3, 0.4) is 0 Å². The van der Waals surface area contributed by atoms with Gasteiger partial charge in [-0.3, -0.25) is 14.9 Å². The van der Waals surface area contributed by atoms with Crippen LogP contribution in [0.1, 0.15) is 11.1 Å². The number of rotatable bonds is 7. The van der Waals surface area contributed by atoms with Gasteiger partial charge in [-0.1, -0.05) is 71.4 Å². The third kappa shape index (κ3) is 6.09. The molecule has 0 spiro atoms. The summed E-state index contributed by atoms with van der Waals surface area (Å²) in [6.07, 6.45) is 0. The predicted octanol–water partition coefficient (Wildman–Crippen LogP) is 7.54. The quantitative estimate of drug-likeness (QED) is 0.145. The fourth-order valence-corrected chi connectivity index (χ4v) is 4.74. The molecular formula is C27H18Cl2N4O3S. The van der Waals surface area contributed by atoms with E-state index in [1.54, 1.807) is 43.3 Å². The second-order valence-electron chi connectivity index (χ2n) is 7.93. The minimum absolute atomic E-state index is 0.0736. The number of non-ortho nitro benzene ring substituents is 1. The van der Waals surface area contributed by atoms with E-state index in [2.05, 4.69) is 16.4 Å². The molecule has 0 saturated carbocycles. The maximum atomic E-state index is 12.8. The Morgan fingerprint density at radius 2 is 1.81 bits per heavy atom. The molecule has 0 radical (unpaired) electrons. The van der Waals surface area contributed by atoms with Crippen molar-refractivity contribution in [1.29, 1.82) is 5.26 Å². The minimum Gasteiger partial charge on any atom is -0.325 e. The van der Waals surface area contributed by atoms with Crippen LogP contribution < -0.4 is 5.32 Å². The molecule has 0 bridgehead atoms. The van der Waals surface area contributed by atoms with Gasteiger partial charge >= 0.3 is 0 Å². The molecule has 0 unspecified atom stereocenters. The fraction of sp³-hybridized carbons (Fsp3) is 0.0741. The van der Waals surface area contributed by atoms with Crippen LogP contribution in [-0.4, -0.2) is 21.6 Å². The van der Waals surface area contributed by atoms with Crippen molar-refractivity contribution in [2.75, 3.05) is 11.1 Å². The Morgan fingerprint density at radius 3 is 2.49 bits per heavy atom. The largest absolute Gasteiger partial charge is 0.325 e. The molecule has 0 aliphatic heterocycles. The molecule has 184 valence electrons. The molecule has 10 heteroatoms. The SMILES string of the molecule is Cc1ccc([N+](=O)[O-])cc1NC(=O)CSc1nc(-c2ccc(Cl)cc2)cc(-c2ccccc2Cl)c1C#N. The number of anilines is 1. The topological polar surface area (TPSA) is 109 Å². The molecule has 4 aromatic rings. The van der Waals surface area contributed by atoms with Gasteiger partial charge in [-0.25, -0.2) is 4.98 Å². The molecule has 1 N–H and O–H groups in total. The van der Waals surface area contributed by atoms with Crippen LogP contribution in [0.25, 0.3) is 22.4 Å². The van der Waals surface area contributed by atoms with Crippen molar-refractivity contribution in [2.24, 2.45) is 0 Å². The van der Waals surface area contributed by atoms with Crippen LogP contribution in [0.4, 0.5) is 11.4 Å². The van der Waals surface area contributed by atoms with Crippen molar-refractivity contribution < 1.29 is 9.72 Å². The average Bonchev–Trinajstić information content (AvgIpc) is 2.88. The molecular weight excluding hydrogens is 531 g/mol. The van der Waals surface area contributed by atoms with E-state index in [1.807, 2.05) is 24.3 Å². The van der Waals surface area contributed by atoms with Gasteiger partial charge < -0.3 is 5.32 Å². The van der Waals surface area contributed by atoms with Gasteiger partial charge in [0.2, 0.25) is 5.91 Å². The zero-order valence-corrected chi connectivity index (χ0v) is 21.7. The molecule has 0 aliphatic carbocycles. The Balaban J connectivity index is 1.69. The Kier molecular flexibility index (Phi) is 8.09. The standard InChI is InChI=1S/C27H18Cl2N4O3S/c1-16-6-11-19(33(35)36)12-24(16)31-26(34)15-37-27-22(14-30)21(20-4-2-3-5-23(20)29)13-25(32-27)17-7-9-18(28)10-8-17/h2-13H,15H2,1H3,(H,31,34). The highest BCUT2D eigenvalue weighted by Crippen LogP contribution is 2.37. The van der Waals surface area contributed by atoms with Crippen LogP contribution in [0.15, 0.2) is 77.8 Å². The smallest absolute Gasteiger partial charge is 0.271 e. The Hall–Kier alpha value is -3.90. The van der Waals surface area contributed by atoms with Crippen LogP contribution in [0.5, 0.6) is 0 Å². The third-order valence-electron chi connectivity index (χ3n) is 5.45. The van der Waals surface area contributed by atoms with Crippen LogP contribution in [0, 0.1) is 28.4 Å². The number of aryl methyl sites for hydroxylation is 1. The van der Waals surface area contributed by atoms with Gasteiger partial charge in [0.1, 0.15) is 11.1 Å². The number of halogens is 2. The molecule has 7 nitrogen and oxygen atoms in total. The fourth-order valence-electron chi connectivity index (χ4n) is 3.57. The van der Waals surface area contributed by atoms with Crippen LogP contribution in [0.2, 0.25) is 10.0 Å². The number of benzene rings is 3. The van der Waals surface area contributed by atoms with Crippen molar-refractivity contribution in [3.63, 3.8) is 0 Å². The summed E-state index contributed by atoms with van der Waals surface area (Å²) in [5.41, 5.74) is 3.81. The monoisotopic (exact) mass is 548 g/mol. The second kappa shape index (κ2) is 11.4. The Morgan fingerprint density at radius 1 is 1.08 bits per heavy atom. The summed E-state index contributed by atoms with van der Waals surface area (Å²) in [4.78, 5) is 28.0. The van der Waals surface area contributed by atoms with E-state index in [0.29, 0.717) is 43.1 Å². The average molecular weight is 549 g/mol. The van der Waals surface area contributed by atoms with E-state index in [0.717, 1.165) is 17.3 Å². The lowest BCUT2D eigenvalue weighted by molar-refractivity contribution is -0.384. The predicted molar refractivity (Wildman–Crippen MR) is 147 cm³/mol. The third-order valence-corrected chi connectivity index (χ3v) is 7.01. The number of carbonyl (C=O) groups is 1. The van der Waals surface area contributed by atoms with Gasteiger partial charge in [-0.2, -0.15) is 5.26 Å². The van der Waals surface area contributed by atoms with Crippen molar-refractivity contribution in [3.05, 3.63) is 104 Å². The van der Waals surface area contributed by atoms with E-state index < -0.39 is 10.8 Å². The number of nitrogens with one attached hydrogen (secondary N) is 1. The second-order valence-corrected chi connectivity index (χ2v) is 9.73. The normalized spacial score (nSPS) is 10.5. The van der Waals surface area contributed by atoms with Crippen molar-refractivity contribution in [1.82, 2.24) is 4.98 Å². The summed E-state index contributed by atoms with van der Waals surface area (Å²) < 4.78 is 0. The summed E-state index contributed by atoms with van der Waals surface area (Å²) >= 11 is 13.6. The highest BCUT2D eigenvalue weighted by molar-refractivity contribution is 8.00. The molecule has 1 amide bonds. The van der Waals surface area contributed by atoms with E-state index >= 15 is 0 Å². The highest BCUT2D eigenvalue weighted by atomic mass is 35.5. The maximum Gasteiger partial charge on any atom is 0.271 e. The number of hydrogen-bond donors (Lipinski definition) is 1. The number of amides is 1. The summed E-state index contributed by atoms with van der Waals surface area (Å²) in [5, 5.41) is 25.3. The number of carbonyl (C=O) groups excluding carboxylic acids is 1. The van der Waals surface area contributed by atoms with Gasteiger partial charge in [0.25, 0.3) is 5.69 Å². The number of nitro benzene ring substituents is 1. The van der Waals surface area contributed by atoms with Crippen LogP contribution >= 0.6 is 35.0 Å².